The van der Waals surface area contributed by atoms with Crippen LogP contribution in [-0.4, -0.2) is 27.9 Å². The minimum absolute atomic E-state index is 0.0420. The third-order valence-electron chi connectivity index (χ3n) is 2.70. The van der Waals surface area contributed by atoms with Gasteiger partial charge in [0.1, 0.15) is 5.69 Å². The fourth-order valence-electron chi connectivity index (χ4n) is 1.76. The molecule has 0 aliphatic heterocycles. The maximum Gasteiger partial charge on any atom is 0.212 e. The Labute approximate surface area is 110 Å². The summed E-state index contributed by atoms with van der Waals surface area (Å²) < 4.78 is 19.7. The first kappa shape index (κ1) is 13.2. The average Bonchev–Trinajstić information content (AvgIpc) is 2.87. The minimum Gasteiger partial charge on any atom is -0.494 e. The van der Waals surface area contributed by atoms with Crippen LogP contribution in [0.15, 0.2) is 24.4 Å². The zero-order valence-corrected chi connectivity index (χ0v) is 10.8. The van der Waals surface area contributed by atoms with Gasteiger partial charge in [0.15, 0.2) is 11.6 Å². The van der Waals surface area contributed by atoms with E-state index < -0.39 is 5.82 Å². The topological polar surface area (TPSA) is 57.0 Å². The van der Waals surface area contributed by atoms with Gasteiger partial charge in [0.05, 0.1) is 13.3 Å². The lowest BCUT2D eigenvalue weighted by Crippen LogP contribution is -2.11. The summed E-state index contributed by atoms with van der Waals surface area (Å²) in [5.41, 5.74) is 0.730. The number of rotatable bonds is 5. The number of ketones is 1. The maximum absolute atomic E-state index is 13.3. The molecular weight excluding hydrogens is 249 g/mol. The predicted octanol–water partition coefficient (Wildman–Crippen LogP) is 2.07. The molecule has 1 heterocycles. The van der Waals surface area contributed by atoms with Crippen molar-refractivity contribution in [1.29, 1.82) is 0 Å². The lowest BCUT2D eigenvalue weighted by molar-refractivity contribution is 0.102. The summed E-state index contributed by atoms with van der Waals surface area (Å²) in [7, 11) is 1.36. The van der Waals surface area contributed by atoms with E-state index in [2.05, 4.69) is 10.3 Å². The van der Waals surface area contributed by atoms with E-state index in [1.54, 1.807) is 0 Å². The number of benzene rings is 1. The Bertz CT molecular complexity index is 595. The molecule has 2 rings (SSSR count). The number of carbonyl (C=O) groups excluding carboxylic acids is 1. The molecule has 0 fully saturated rings. The van der Waals surface area contributed by atoms with Crippen LogP contribution in [0.5, 0.6) is 5.75 Å². The Hall–Kier alpha value is -2.24. The highest BCUT2D eigenvalue weighted by molar-refractivity contribution is 6.07. The molecule has 0 unspecified atom stereocenters. The number of hydrogen-bond acceptors (Lipinski definition) is 4. The lowest BCUT2D eigenvalue weighted by atomic mass is 10.1. The first-order valence-corrected chi connectivity index (χ1v) is 5.94. The zero-order chi connectivity index (χ0) is 13.8. The molecule has 19 heavy (non-hydrogen) atoms. The van der Waals surface area contributed by atoms with Crippen LogP contribution in [0.2, 0.25) is 0 Å². The van der Waals surface area contributed by atoms with Crippen LogP contribution in [0, 0.1) is 5.82 Å². The molecule has 0 spiro atoms. The van der Waals surface area contributed by atoms with Crippen molar-refractivity contribution in [3.63, 3.8) is 0 Å². The molecular formula is C13H14FN3O2. The standard InChI is InChI=1S/C13H14FN3O2/c1-3-6-17-11(8-15-16-17)13(18)9-4-5-10(14)12(7-9)19-2/h4-5,7-8H,3,6H2,1-2H3. The van der Waals surface area contributed by atoms with Gasteiger partial charge in [0.2, 0.25) is 5.78 Å². The summed E-state index contributed by atoms with van der Waals surface area (Å²) in [6, 6.07) is 4.00. The van der Waals surface area contributed by atoms with Crippen molar-refractivity contribution in [2.24, 2.45) is 0 Å². The molecule has 0 bridgehead atoms. The molecule has 0 saturated carbocycles. The molecule has 2 aromatic rings. The number of aromatic nitrogens is 3. The quantitative estimate of drug-likeness (QED) is 0.775. The molecule has 100 valence electrons. The number of ether oxygens (including phenoxy) is 1. The van der Waals surface area contributed by atoms with Crippen LogP contribution in [-0.2, 0) is 6.54 Å². The van der Waals surface area contributed by atoms with Crippen molar-refractivity contribution in [3.05, 3.63) is 41.5 Å². The van der Waals surface area contributed by atoms with Crippen LogP contribution in [0.25, 0.3) is 0 Å². The minimum atomic E-state index is -0.501. The van der Waals surface area contributed by atoms with Crippen molar-refractivity contribution in [1.82, 2.24) is 15.0 Å². The van der Waals surface area contributed by atoms with Crippen LogP contribution < -0.4 is 4.74 Å². The number of nitrogens with zero attached hydrogens (tertiary/aromatic N) is 3. The van der Waals surface area contributed by atoms with Crippen LogP contribution in [0.1, 0.15) is 29.4 Å². The molecule has 0 amide bonds. The molecule has 0 N–H and O–H groups in total. The van der Waals surface area contributed by atoms with Crippen molar-refractivity contribution in [2.75, 3.05) is 7.11 Å². The SMILES string of the molecule is CCCn1nncc1C(=O)c1ccc(F)c(OC)c1. The van der Waals surface area contributed by atoms with Crippen LogP contribution in [0.3, 0.4) is 0 Å². The molecule has 1 aromatic carbocycles. The summed E-state index contributed by atoms with van der Waals surface area (Å²) >= 11 is 0. The van der Waals surface area contributed by atoms with Gasteiger partial charge in [-0.15, -0.1) is 5.10 Å². The van der Waals surface area contributed by atoms with E-state index in [4.69, 9.17) is 4.74 Å². The Morgan fingerprint density at radius 2 is 2.26 bits per heavy atom. The fraction of sp³-hybridized carbons (Fsp3) is 0.308. The van der Waals surface area contributed by atoms with E-state index in [-0.39, 0.29) is 11.5 Å². The molecule has 0 aliphatic rings. The normalized spacial score (nSPS) is 10.5. The highest BCUT2D eigenvalue weighted by Gasteiger charge is 2.16. The van der Waals surface area contributed by atoms with E-state index >= 15 is 0 Å². The summed E-state index contributed by atoms with van der Waals surface area (Å²) in [6.45, 7) is 2.59. The van der Waals surface area contributed by atoms with E-state index in [0.717, 1.165) is 6.42 Å². The molecule has 0 radical (unpaired) electrons. The second-order valence-corrected chi connectivity index (χ2v) is 4.02. The number of hydrogen-bond donors (Lipinski definition) is 0. The number of methoxy groups -OCH3 is 1. The van der Waals surface area contributed by atoms with E-state index in [1.807, 2.05) is 6.92 Å². The molecule has 6 heteroatoms. The van der Waals surface area contributed by atoms with Gasteiger partial charge >= 0.3 is 0 Å². The van der Waals surface area contributed by atoms with Gasteiger partial charge in [0.25, 0.3) is 0 Å². The first-order valence-electron chi connectivity index (χ1n) is 5.94. The van der Waals surface area contributed by atoms with E-state index in [9.17, 15) is 9.18 Å². The van der Waals surface area contributed by atoms with Gasteiger partial charge in [-0.2, -0.15) is 0 Å². The second-order valence-electron chi connectivity index (χ2n) is 4.02. The predicted molar refractivity (Wildman–Crippen MR) is 66.7 cm³/mol. The maximum atomic E-state index is 13.3. The monoisotopic (exact) mass is 263 g/mol. The zero-order valence-electron chi connectivity index (χ0n) is 10.8. The Morgan fingerprint density at radius 1 is 1.47 bits per heavy atom. The third-order valence-corrected chi connectivity index (χ3v) is 2.70. The van der Waals surface area contributed by atoms with Gasteiger partial charge in [-0.3, -0.25) is 4.79 Å². The Kier molecular flexibility index (Phi) is 3.89. The highest BCUT2D eigenvalue weighted by Crippen LogP contribution is 2.20. The summed E-state index contributed by atoms with van der Waals surface area (Å²) in [5.74, 6) is -0.712. The fourth-order valence-corrected chi connectivity index (χ4v) is 1.76. The van der Waals surface area contributed by atoms with Gasteiger partial charge in [0, 0.05) is 12.1 Å². The third kappa shape index (κ3) is 2.62. The van der Waals surface area contributed by atoms with Crippen molar-refractivity contribution < 1.29 is 13.9 Å². The van der Waals surface area contributed by atoms with Crippen molar-refractivity contribution >= 4 is 5.78 Å². The Morgan fingerprint density at radius 3 is 2.95 bits per heavy atom. The van der Waals surface area contributed by atoms with Gasteiger partial charge in [-0.1, -0.05) is 12.1 Å². The molecule has 5 nitrogen and oxygen atoms in total. The van der Waals surface area contributed by atoms with Crippen molar-refractivity contribution in [2.45, 2.75) is 19.9 Å². The van der Waals surface area contributed by atoms with E-state index in [1.165, 1.54) is 36.2 Å². The summed E-state index contributed by atoms with van der Waals surface area (Å²) in [4.78, 5) is 12.3. The Balaban J connectivity index is 2.36. The molecule has 0 atom stereocenters. The van der Waals surface area contributed by atoms with Crippen LogP contribution in [0.4, 0.5) is 4.39 Å². The van der Waals surface area contributed by atoms with Gasteiger partial charge in [-0.05, 0) is 24.6 Å². The van der Waals surface area contributed by atoms with Gasteiger partial charge < -0.3 is 4.74 Å². The molecule has 0 aliphatic carbocycles. The van der Waals surface area contributed by atoms with Crippen molar-refractivity contribution in [3.8, 4) is 5.75 Å². The van der Waals surface area contributed by atoms with Gasteiger partial charge in [-0.25, -0.2) is 9.07 Å². The smallest absolute Gasteiger partial charge is 0.212 e. The number of aryl methyl sites for hydroxylation is 1. The number of carbonyl (C=O) groups is 1. The average molecular weight is 263 g/mol. The lowest BCUT2D eigenvalue weighted by Gasteiger charge is -2.06. The second kappa shape index (κ2) is 5.60. The summed E-state index contributed by atoms with van der Waals surface area (Å²) in [6.07, 6.45) is 2.25. The van der Waals surface area contributed by atoms with Crippen LogP contribution >= 0.6 is 0 Å². The summed E-state index contributed by atoms with van der Waals surface area (Å²) in [5, 5.41) is 7.59. The van der Waals surface area contributed by atoms with E-state index in [0.29, 0.717) is 17.8 Å². The first-order chi connectivity index (χ1) is 9.17. The molecule has 1 aromatic heterocycles. The molecule has 0 saturated heterocycles. The highest BCUT2D eigenvalue weighted by atomic mass is 19.1. The number of halogens is 1. The largest absolute Gasteiger partial charge is 0.494 e.